The molecule has 2 heterocycles. The number of benzene rings is 1. The number of carbonyl (C=O) groups is 1. The predicted molar refractivity (Wildman–Crippen MR) is 117 cm³/mol. The van der Waals surface area contributed by atoms with Crippen molar-refractivity contribution in [3.05, 3.63) is 51.2 Å². The Bertz CT molecular complexity index is 824. The fourth-order valence-electron chi connectivity index (χ4n) is 4.78. The summed E-state index contributed by atoms with van der Waals surface area (Å²) in [5.74, 6) is 1.72. The topological polar surface area (TPSA) is 33.5 Å². The highest BCUT2D eigenvalue weighted by Crippen LogP contribution is 2.42. The maximum absolute atomic E-state index is 13.1. The van der Waals surface area contributed by atoms with Gasteiger partial charge in [0.1, 0.15) is 6.04 Å². The highest BCUT2D eigenvalue weighted by molar-refractivity contribution is 7.10. The normalized spacial score (nSPS) is 21.8. The zero-order chi connectivity index (χ0) is 19.8. The molecule has 1 unspecified atom stereocenters. The second-order valence-corrected chi connectivity index (χ2v) is 10.1. The van der Waals surface area contributed by atoms with E-state index >= 15 is 0 Å². The molecule has 1 saturated carbocycles. The molecule has 1 aromatic heterocycles. The van der Waals surface area contributed by atoms with E-state index in [0.29, 0.717) is 24.4 Å². The molecule has 2 N–H and O–H groups in total. The molecule has 2 aromatic rings. The maximum atomic E-state index is 13.1. The molecule has 150 valence electrons. The van der Waals surface area contributed by atoms with Crippen LogP contribution in [0.1, 0.15) is 80.0 Å². The van der Waals surface area contributed by atoms with E-state index in [2.05, 4.69) is 62.7 Å². The Labute approximate surface area is 173 Å². The Morgan fingerprint density at radius 1 is 1.14 bits per heavy atom. The molecular weight excluding hydrogens is 364 g/mol. The Hall–Kier alpha value is -1.65. The SMILES string of the molecule is CC(C)c1cccc(C(C)C)c1NC(=O)C[NH+]1CCc2sccc2[C@H]1C1CC1. The summed E-state index contributed by atoms with van der Waals surface area (Å²) in [7, 11) is 0. The molecule has 4 heteroatoms. The van der Waals surface area contributed by atoms with Crippen molar-refractivity contribution in [1.29, 1.82) is 0 Å². The average Bonchev–Trinajstić information content (AvgIpc) is 3.37. The van der Waals surface area contributed by atoms with Gasteiger partial charge in [-0.25, -0.2) is 0 Å². The monoisotopic (exact) mass is 397 g/mol. The van der Waals surface area contributed by atoms with Crippen LogP contribution in [0.2, 0.25) is 0 Å². The molecule has 28 heavy (non-hydrogen) atoms. The summed E-state index contributed by atoms with van der Waals surface area (Å²) in [6.45, 7) is 10.4. The molecule has 1 aliphatic carbocycles. The van der Waals surface area contributed by atoms with Gasteiger partial charge in [-0.15, -0.1) is 11.3 Å². The second kappa shape index (κ2) is 8.00. The third-order valence-electron chi connectivity index (χ3n) is 6.35. The van der Waals surface area contributed by atoms with Crippen molar-refractivity contribution in [2.45, 2.75) is 64.8 Å². The van der Waals surface area contributed by atoms with Gasteiger partial charge in [0.25, 0.3) is 5.91 Å². The van der Waals surface area contributed by atoms with Gasteiger partial charge < -0.3 is 10.2 Å². The number of quaternary nitrogens is 1. The van der Waals surface area contributed by atoms with Gasteiger partial charge >= 0.3 is 0 Å². The number of nitrogens with one attached hydrogen (secondary N) is 2. The lowest BCUT2D eigenvalue weighted by Crippen LogP contribution is -3.14. The van der Waals surface area contributed by atoms with E-state index in [1.807, 2.05) is 11.3 Å². The molecule has 2 atom stereocenters. The minimum Gasteiger partial charge on any atom is -0.321 e. The van der Waals surface area contributed by atoms with Crippen molar-refractivity contribution in [1.82, 2.24) is 0 Å². The maximum Gasteiger partial charge on any atom is 0.279 e. The van der Waals surface area contributed by atoms with Gasteiger partial charge in [0.2, 0.25) is 0 Å². The van der Waals surface area contributed by atoms with Gasteiger partial charge in [-0.1, -0.05) is 45.9 Å². The van der Waals surface area contributed by atoms with Crippen molar-refractivity contribution < 1.29 is 9.69 Å². The van der Waals surface area contributed by atoms with Crippen molar-refractivity contribution in [2.24, 2.45) is 5.92 Å². The summed E-state index contributed by atoms with van der Waals surface area (Å²) < 4.78 is 0. The van der Waals surface area contributed by atoms with E-state index in [9.17, 15) is 4.79 Å². The van der Waals surface area contributed by atoms with E-state index in [1.165, 1.54) is 34.4 Å². The summed E-state index contributed by atoms with van der Waals surface area (Å²) in [5.41, 5.74) is 5.05. The van der Waals surface area contributed by atoms with Crippen LogP contribution in [0.3, 0.4) is 0 Å². The smallest absolute Gasteiger partial charge is 0.279 e. The third-order valence-corrected chi connectivity index (χ3v) is 7.34. The summed E-state index contributed by atoms with van der Waals surface area (Å²) in [6.07, 6.45) is 3.75. The first-order valence-electron chi connectivity index (χ1n) is 10.8. The standard InChI is InChI=1S/C24H32N2OS/c1-15(2)18-6-5-7-19(16(3)4)23(18)25-22(27)14-26-12-10-21-20(11-13-28-21)24(26)17-8-9-17/h5-7,11,13,15-17,24H,8-10,12,14H2,1-4H3,(H,25,27)/p+1/t24-/m1/s1. The second-order valence-electron chi connectivity index (χ2n) is 9.12. The summed E-state index contributed by atoms with van der Waals surface area (Å²) in [4.78, 5) is 16.1. The molecule has 1 fully saturated rings. The zero-order valence-corrected chi connectivity index (χ0v) is 18.4. The number of carbonyl (C=O) groups excluding carboxylic acids is 1. The number of para-hydroxylation sites is 1. The number of fused-ring (bicyclic) bond motifs is 1. The molecule has 0 radical (unpaired) electrons. The predicted octanol–water partition coefficient (Wildman–Crippen LogP) is 4.53. The Morgan fingerprint density at radius 3 is 2.43 bits per heavy atom. The van der Waals surface area contributed by atoms with Crippen LogP contribution in [0.5, 0.6) is 0 Å². The van der Waals surface area contributed by atoms with Crippen LogP contribution in [0, 0.1) is 5.92 Å². The third kappa shape index (κ3) is 3.90. The van der Waals surface area contributed by atoms with Gasteiger partial charge in [-0.2, -0.15) is 0 Å². The first-order valence-corrected chi connectivity index (χ1v) is 11.7. The van der Waals surface area contributed by atoms with Crippen LogP contribution < -0.4 is 10.2 Å². The highest BCUT2D eigenvalue weighted by Gasteiger charge is 2.43. The van der Waals surface area contributed by atoms with Crippen LogP contribution in [0.25, 0.3) is 0 Å². The Morgan fingerprint density at radius 2 is 1.82 bits per heavy atom. The molecule has 0 saturated heterocycles. The first kappa shape index (κ1) is 19.7. The van der Waals surface area contributed by atoms with E-state index in [1.54, 1.807) is 4.88 Å². The number of rotatable bonds is 6. The van der Waals surface area contributed by atoms with Crippen LogP contribution in [-0.4, -0.2) is 19.0 Å². The van der Waals surface area contributed by atoms with E-state index in [0.717, 1.165) is 24.6 Å². The molecule has 1 aliphatic heterocycles. The number of hydrogen-bond acceptors (Lipinski definition) is 2. The van der Waals surface area contributed by atoms with Crippen LogP contribution in [0.4, 0.5) is 5.69 Å². The van der Waals surface area contributed by atoms with Crippen molar-refractivity contribution in [2.75, 3.05) is 18.4 Å². The largest absolute Gasteiger partial charge is 0.321 e. The number of amides is 1. The van der Waals surface area contributed by atoms with Crippen LogP contribution >= 0.6 is 11.3 Å². The van der Waals surface area contributed by atoms with E-state index in [4.69, 9.17) is 0 Å². The van der Waals surface area contributed by atoms with E-state index < -0.39 is 0 Å². The molecule has 2 aliphatic rings. The molecule has 1 amide bonds. The van der Waals surface area contributed by atoms with Gasteiger partial charge in [0.15, 0.2) is 6.54 Å². The number of thiophene rings is 1. The lowest BCUT2D eigenvalue weighted by Gasteiger charge is -2.32. The van der Waals surface area contributed by atoms with Crippen LogP contribution in [0.15, 0.2) is 29.6 Å². The van der Waals surface area contributed by atoms with Gasteiger partial charge in [-0.05, 0) is 47.3 Å². The molecular formula is C24H33N2OS+. The average molecular weight is 398 g/mol. The number of anilines is 1. The summed E-state index contributed by atoms with van der Waals surface area (Å²) in [5, 5.41) is 5.56. The zero-order valence-electron chi connectivity index (χ0n) is 17.5. The molecule has 0 bridgehead atoms. The lowest BCUT2D eigenvalue weighted by atomic mass is 9.92. The van der Waals surface area contributed by atoms with Crippen LogP contribution in [-0.2, 0) is 11.2 Å². The minimum absolute atomic E-state index is 0.161. The minimum atomic E-state index is 0.161. The number of hydrogen-bond donors (Lipinski definition) is 2. The fourth-order valence-corrected chi connectivity index (χ4v) is 5.71. The van der Waals surface area contributed by atoms with Gasteiger partial charge in [0, 0.05) is 28.5 Å². The highest BCUT2D eigenvalue weighted by atomic mass is 32.1. The lowest BCUT2D eigenvalue weighted by molar-refractivity contribution is -0.928. The Kier molecular flexibility index (Phi) is 5.62. The molecule has 0 spiro atoms. The molecule has 4 rings (SSSR count). The Balaban J connectivity index is 1.54. The van der Waals surface area contributed by atoms with Crippen molar-refractivity contribution >= 4 is 22.9 Å². The quantitative estimate of drug-likeness (QED) is 0.738. The summed E-state index contributed by atoms with van der Waals surface area (Å²) >= 11 is 1.89. The van der Waals surface area contributed by atoms with Gasteiger partial charge in [0.05, 0.1) is 6.54 Å². The van der Waals surface area contributed by atoms with Crippen molar-refractivity contribution in [3.8, 4) is 0 Å². The van der Waals surface area contributed by atoms with E-state index in [-0.39, 0.29) is 5.91 Å². The van der Waals surface area contributed by atoms with Crippen molar-refractivity contribution in [3.63, 3.8) is 0 Å². The first-order chi connectivity index (χ1) is 13.5. The fraction of sp³-hybridized carbons (Fsp3) is 0.542. The molecule has 1 aromatic carbocycles. The summed E-state index contributed by atoms with van der Waals surface area (Å²) in [6, 6.07) is 9.27. The van der Waals surface area contributed by atoms with Gasteiger partial charge in [-0.3, -0.25) is 4.79 Å². The molecule has 3 nitrogen and oxygen atoms in total.